The number of aromatic nitrogens is 3. The van der Waals surface area contributed by atoms with Crippen LogP contribution in [0.2, 0.25) is 0 Å². The van der Waals surface area contributed by atoms with Gasteiger partial charge in [-0.3, -0.25) is 14.3 Å². The summed E-state index contributed by atoms with van der Waals surface area (Å²) in [5.74, 6) is 0.287. The van der Waals surface area contributed by atoms with Gasteiger partial charge in [0.05, 0.1) is 36.5 Å². The summed E-state index contributed by atoms with van der Waals surface area (Å²) < 4.78 is 34.0. The Hall–Kier alpha value is -2.53. The lowest BCUT2D eigenvalue weighted by Crippen LogP contribution is -2.05. The maximum absolute atomic E-state index is 11.4. The molecule has 1 saturated carbocycles. The maximum Gasteiger partial charge on any atom is 0.312 e. The molecule has 25 heavy (non-hydrogen) atoms. The van der Waals surface area contributed by atoms with Crippen LogP contribution in [0.3, 0.4) is 0 Å². The predicted molar refractivity (Wildman–Crippen MR) is 86.6 cm³/mol. The number of ether oxygens (including phenoxy) is 1. The van der Waals surface area contributed by atoms with E-state index in [0.717, 1.165) is 19.1 Å². The van der Waals surface area contributed by atoms with E-state index in [-0.39, 0.29) is 23.9 Å². The lowest BCUT2D eigenvalue weighted by molar-refractivity contribution is -0.385. The van der Waals surface area contributed by atoms with Crippen molar-refractivity contribution in [1.29, 1.82) is 0 Å². The average Bonchev–Trinajstić information content (AvgIpc) is 3.28. The summed E-state index contributed by atoms with van der Waals surface area (Å²) >= 11 is 0. The minimum absolute atomic E-state index is 0.0154. The molecule has 134 valence electrons. The third-order valence-electron chi connectivity index (χ3n) is 3.64. The molecule has 11 heteroatoms. The topological polar surface area (TPSA) is 126 Å². The Morgan fingerprint density at radius 3 is 2.68 bits per heavy atom. The zero-order valence-corrected chi connectivity index (χ0v) is 14.4. The van der Waals surface area contributed by atoms with Crippen LogP contribution in [0.5, 0.6) is 5.75 Å². The van der Waals surface area contributed by atoms with Crippen LogP contribution in [-0.2, 0) is 20.9 Å². The van der Waals surface area contributed by atoms with Gasteiger partial charge in [0.25, 0.3) is 10.1 Å². The van der Waals surface area contributed by atoms with Crippen molar-refractivity contribution >= 4 is 15.8 Å². The summed E-state index contributed by atoms with van der Waals surface area (Å²) in [5.41, 5.74) is 0.300. The zero-order valence-electron chi connectivity index (χ0n) is 13.6. The average molecular weight is 368 g/mol. The van der Waals surface area contributed by atoms with E-state index in [1.54, 1.807) is 11.0 Å². The van der Waals surface area contributed by atoms with Gasteiger partial charge in [-0.25, -0.2) is 9.67 Å². The van der Waals surface area contributed by atoms with Gasteiger partial charge in [0, 0.05) is 6.07 Å². The minimum Gasteiger partial charge on any atom is -0.490 e. The van der Waals surface area contributed by atoms with Crippen LogP contribution < -0.4 is 4.74 Å². The van der Waals surface area contributed by atoms with Gasteiger partial charge in [0.1, 0.15) is 6.33 Å². The first kappa shape index (κ1) is 17.3. The summed E-state index contributed by atoms with van der Waals surface area (Å²) in [6.07, 6.45) is 4.51. The van der Waals surface area contributed by atoms with Crippen LogP contribution in [0, 0.1) is 10.1 Å². The lowest BCUT2D eigenvalue weighted by atomic mass is 10.1. The van der Waals surface area contributed by atoms with Crippen LogP contribution in [-0.4, -0.2) is 41.5 Å². The second-order valence-corrected chi connectivity index (χ2v) is 7.34. The van der Waals surface area contributed by atoms with Crippen molar-refractivity contribution in [2.75, 3.05) is 13.4 Å². The first-order valence-corrected chi connectivity index (χ1v) is 9.21. The summed E-state index contributed by atoms with van der Waals surface area (Å²) in [7, 11) is -2.37. The van der Waals surface area contributed by atoms with Gasteiger partial charge in [-0.2, -0.15) is 13.5 Å². The first-order chi connectivity index (χ1) is 11.8. The molecule has 0 spiro atoms. The van der Waals surface area contributed by atoms with Gasteiger partial charge >= 0.3 is 5.69 Å². The SMILES string of the molecule is COc1c(-c2ncn(C3CC3)n2)cc(COS(C)(=O)=O)cc1[N+](=O)[O-]. The number of hydrogen-bond acceptors (Lipinski definition) is 8. The highest BCUT2D eigenvalue weighted by atomic mass is 32.2. The summed E-state index contributed by atoms with van der Waals surface area (Å²) in [4.78, 5) is 15.0. The lowest BCUT2D eigenvalue weighted by Gasteiger charge is -2.09. The predicted octanol–water partition coefficient (Wildman–Crippen LogP) is 1.67. The van der Waals surface area contributed by atoms with E-state index >= 15 is 0 Å². The van der Waals surface area contributed by atoms with E-state index in [4.69, 9.17) is 8.92 Å². The fourth-order valence-electron chi connectivity index (χ4n) is 2.36. The molecule has 0 aliphatic heterocycles. The van der Waals surface area contributed by atoms with E-state index in [2.05, 4.69) is 10.1 Å². The van der Waals surface area contributed by atoms with Crippen molar-refractivity contribution in [3.8, 4) is 17.1 Å². The molecular formula is C14H16N4O6S. The highest BCUT2D eigenvalue weighted by Crippen LogP contribution is 2.39. The molecule has 0 bridgehead atoms. The molecule has 1 aromatic heterocycles. The van der Waals surface area contributed by atoms with Crippen molar-refractivity contribution in [3.05, 3.63) is 34.1 Å². The molecule has 0 N–H and O–H groups in total. The molecule has 0 atom stereocenters. The standard InChI is InChI=1S/C14H16N4O6S/c1-23-13-11(14-15-8-17(16-14)10-3-4-10)5-9(6-12(13)18(19)20)7-24-25(2,21)22/h5-6,8,10H,3-4,7H2,1-2H3. The Morgan fingerprint density at radius 2 is 2.12 bits per heavy atom. The molecule has 1 aromatic carbocycles. The third-order valence-corrected chi connectivity index (χ3v) is 4.19. The van der Waals surface area contributed by atoms with Crippen molar-refractivity contribution in [2.24, 2.45) is 0 Å². The molecule has 3 rings (SSSR count). The maximum atomic E-state index is 11.4. The molecule has 0 amide bonds. The van der Waals surface area contributed by atoms with Crippen molar-refractivity contribution < 1.29 is 22.3 Å². The van der Waals surface area contributed by atoms with Gasteiger partial charge in [-0.15, -0.1) is 0 Å². The highest BCUT2D eigenvalue weighted by molar-refractivity contribution is 7.85. The molecule has 10 nitrogen and oxygen atoms in total. The molecule has 2 aromatic rings. The molecule has 0 unspecified atom stereocenters. The van der Waals surface area contributed by atoms with Crippen LogP contribution in [0.25, 0.3) is 11.4 Å². The first-order valence-electron chi connectivity index (χ1n) is 7.39. The van der Waals surface area contributed by atoms with Gasteiger partial charge in [0.2, 0.25) is 5.75 Å². The molecule has 0 saturated heterocycles. The van der Waals surface area contributed by atoms with E-state index in [9.17, 15) is 18.5 Å². The third kappa shape index (κ3) is 3.94. The number of benzene rings is 1. The molecule has 1 fully saturated rings. The Kier molecular flexibility index (Phi) is 4.43. The van der Waals surface area contributed by atoms with E-state index < -0.39 is 15.0 Å². The molecular weight excluding hydrogens is 352 g/mol. The minimum atomic E-state index is -3.68. The largest absolute Gasteiger partial charge is 0.490 e. The van der Waals surface area contributed by atoms with Crippen LogP contribution in [0.15, 0.2) is 18.5 Å². The zero-order chi connectivity index (χ0) is 18.2. The normalized spacial score (nSPS) is 14.5. The number of nitro groups is 1. The van der Waals surface area contributed by atoms with Gasteiger partial charge in [-0.05, 0) is 24.5 Å². The molecule has 0 radical (unpaired) electrons. The van der Waals surface area contributed by atoms with Crippen LogP contribution >= 0.6 is 0 Å². The number of nitro benzene ring substituents is 1. The van der Waals surface area contributed by atoms with Crippen molar-refractivity contribution in [1.82, 2.24) is 14.8 Å². The smallest absolute Gasteiger partial charge is 0.312 e. The highest BCUT2D eigenvalue weighted by Gasteiger charge is 2.28. The fraction of sp³-hybridized carbons (Fsp3) is 0.429. The van der Waals surface area contributed by atoms with E-state index in [0.29, 0.717) is 17.2 Å². The molecule has 1 aliphatic rings. The Balaban J connectivity index is 2.06. The second kappa shape index (κ2) is 6.41. The van der Waals surface area contributed by atoms with Crippen molar-refractivity contribution in [2.45, 2.75) is 25.5 Å². The summed E-state index contributed by atoms with van der Waals surface area (Å²) in [6, 6.07) is 3.05. The number of rotatable bonds is 7. The van der Waals surface area contributed by atoms with Gasteiger partial charge in [-0.1, -0.05) is 0 Å². The number of nitrogens with zero attached hydrogens (tertiary/aromatic N) is 4. The fourth-order valence-corrected chi connectivity index (χ4v) is 2.71. The van der Waals surface area contributed by atoms with E-state index in [1.807, 2.05) is 0 Å². The van der Waals surface area contributed by atoms with Gasteiger partial charge < -0.3 is 4.74 Å². The van der Waals surface area contributed by atoms with Crippen LogP contribution in [0.4, 0.5) is 5.69 Å². The summed E-state index contributed by atoms with van der Waals surface area (Å²) in [5, 5.41) is 15.7. The van der Waals surface area contributed by atoms with Crippen molar-refractivity contribution in [3.63, 3.8) is 0 Å². The Labute approximate surface area is 143 Å². The Bertz CT molecular complexity index is 919. The number of hydrogen-bond donors (Lipinski definition) is 0. The molecule has 1 heterocycles. The van der Waals surface area contributed by atoms with Crippen LogP contribution in [0.1, 0.15) is 24.4 Å². The second-order valence-electron chi connectivity index (χ2n) is 5.70. The monoisotopic (exact) mass is 368 g/mol. The molecule has 1 aliphatic carbocycles. The number of methoxy groups -OCH3 is 1. The Morgan fingerprint density at radius 1 is 1.40 bits per heavy atom. The van der Waals surface area contributed by atoms with E-state index in [1.165, 1.54) is 19.2 Å². The quantitative estimate of drug-likeness (QED) is 0.410. The summed E-state index contributed by atoms with van der Waals surface area (Å²) in [6.45, 7) is -0.333. The van der Waals surface area contributed by atoms with Gasteiger partial charge in [0.15, 0.2) is 5.82 Å².